The minimum atomic E-state index is -0.148. The van der Waals surface area contributed by atoms with Crippen LogP contribution in [-0.4, -0.2) is 22.4 Å². The monoisotopic (exact) mass is 238 g/mol. The van der Waals surface area contributed by atoms with Crippen LogP contribution in [0.4, 0.5) is 0 Å². The van der Waals surface area contributed by atoms with Crippen molar-refractivity contribution in [2.24, 2.45) is 22.2 Å². The molecule has 2 nitrogen and oxygen atoms in total. The van der Waals surface area contributed by atoms with E-state index in [4.69, 9.17) is 0 Å². The molecule has 1 spiro atoms. The van der Waals surface area contributed by atoms with Crippen LogP contribution < -0.4 is 0 Å². The normalized spacial score (nSPS) is 56.6. The molecule has 0 saturated heterocycles. The third-order valence-corrected chi connectivity index (χ3v) is 6.45. The zero-order chi connectivity index (χ0) is 12.5. The average molecular weight is 238 g/mol. The first-order valence-corrected chi connectivity index (χ1v) is 7.16. The molecule has 3 rings (SSSR count). The quantitative estimate of drug-likeness (QED) is 0.681. The molecule has 3 saturated carbocycles. The molecule has 0 unspecified atom stereocenters. The van der Waals surface area contributed by atoms with Crippen molar-refractivity contribution in [3.63, 3.8) is 0 Å². The number of fused-ring (bicyclic) bond motifs is 1. The first-order valence-electron chi connectivity index (χ1n) is 7.16. The van der Waals surface area contributed by atoms with Gasteiger partial charge in [-0.15, -0.1) is 0 Å². The van der Waals surface area contributed by atoms with Crippen molar-refractivity contribution in [2.45, 2.75) is 71.5 Å². The smallest absolute Gasteiger partial charge is 0.0604 e. The molecule has 0 heterocycles. The van der Waals surface area contributed by atoms with E-state index in [-0.39, 0.29) is 28.5 Å². The first kappa shape index (κ1) is 12.0. The third-order valence-electron chi connectivity index (χ3n) is 6.45. The summed E-state index contributed by atoms with van der Waals surface area (Å²) in [5.74, 6) is 0.658. The molecular formula is C15H26O2. The fourth-order valence-electron chi connectivity index (χ4n) is 5.56. The van der Waals surface area contributed by atoms with Crippen LogP contribution in [0.15, 0.2) is 0 Å². The van der Waals surface area contributed by atoms with Crippen LogP contribution in [0.2, 0.25) is 0 Å². The van der Waals surface area contributed by atoms with Gasteiger partial charge in [0.25, 0.3) is 0 Å². The van der Waals surface area contributed by atoms with Gasteiger partial charge in [-0.2, -0.15) is 0 Å². The largest absolute Gasteiger partial charge is 0.393 e. The zero-order valence-corrected chi connectivity index (χ0v) is 11.4. The Morgan fingerprint density at radius 3 is 2.35 bits per heavy atom. The van der Waals surface area contributed by atoms with Gasteiger partial charge in [0.1, 0.15) is 0 Å². The Hall–Kier alpha value is -0.0800. The van der Waals surface area contributed by atoms with E-state index in [9.17, 15) is 10.2 Å². The number of aliphatic hydroxyl groups is 2. The lowest BCUT2D eigenvalue weighted by atomic mass is 9.49. The number of aliphatic hydroxyl groups excluding tert-OH is 2. The van der Waals surface area contributed by atoms with E-state index in [0.29, 0.717) is 5.92 Å². The summed E-state index contributed by atoms with van der Waals surface area (Å²) < 4.78 is 0. The Bertz CT molecular complexity index is 338. The summed E-state index contributed by atoms with van der Waals surface area (Å²) in [6.45, 7) is 6.87. The van der Waals surface area contributed by atoms with E-state index < -0.39 is 0 Å². The van der Waals surface area contributed by atoms with Crippen LogP contribution in [0, 0.1) is 22.2 Å². The Balaban J connectivity index is 2.00. The van der Waals surface area contributed by atoms with Gasteiger partial charge in [-0.25, -0.2) is 0 Å². The summed E-state index contributed by atoms with van der Waals surface area (Å²) in [6.07, 6.45) is 5.94. The van der Waals surface area contributed by atoms with Crippen molar-refractivity contribution in [3.8, 4) is 0 Å². The Kier molecular flexibility index (Phi) is 2.30. The highest BCUT2D eigenvalue weighted by molar-refractivity contribution is 5.14. The fraction of sp³-hybridized carbons (Fsp3) is 1.00. The molecule has 2 N–H and O–H groups in total. The first-order chi connectivity index (χ1) is 7.80. The maximum absolute atomic E-state index is 10.6. The maximum atomic E-state index is 10.6. The SMILES string of the molecule is CC1(C)C[C@H](O)[C@]23CC[C@H](O)[C@@](C)(CC[C@@H]12)C3. The predicted octanol–water partition coefficient (Wildman–Crippen LogP) is 2.72. The molecule has 5 atom stereocenters. The average Bonchev–Trinajstić information content (AvgIpc) is 2.41. The van der Waals surface area contributed by atoms with Gasteiger partial charge in [-0.3, -0.25) is 0 Å². The summed E-state index contributed by atoms with van der Waals surface area (Å²) in [7, 11) is 0. The second-order valence-corrected chi connectivity index (χ2v) is 7.92. The van der Waals surface area contributed by atoms with Gasteiger partial charge >= 0.3 is 0 Å². The second kappa shape index (κ2) is 3.27. The Labute approximate surface area is 104 Å². The van der Waals surface area contributed by atoms with E-state index in [2.05, 4.69) is 20.8 Å². The third kappa shape index (κ3) is 1.40. The lowest BCUT2D eigenvalue weighted by molar-refractivity contribution is -0.144. The lowest BCUT2D eigenvalue weighted by Gasteiger charge is -2.57. The maximum Gasteiger partial charge on any atom is 0.0604 e. The highest BCUT2D eigenvalue weighted by Gasteiger charge is 2.64. The van der Waals surface area contributed by atoms with Crippen LogP contribution in [0.5, 0.6) is 0 Å². The van der Waals surface area contributed by atoms with E-state index in [1.54, 1.807) is 0 Å². The van der Waals surface area contributed by atoms with E-state index in [0.717, 1.165) is 32.1 Å². The summed E-state index contributed by atoms with van der Waals surface area (Å²) in [5.41, 5.74) is 0.467. The lowest BCUT2D eigenvalue weighted by Crippen LogP contribution is -2.54. The summed E-state index contributed by atoms with van der Waals surface area (Å²) in [5, 5.41) is 20.8. The molecular weight excluding hydrogens is 212 g/mol. The molecule has 3 aliphatic rings. The van der Waals surface area contributed by atoms with Crippen molar-refractivity contribution in [3.05, 3.63) is 0 Å². The molecule has 0 radical (unpaired) electrons. The number of hydrogen-bond donors (Lipinski definition) is 2. The Morgan fingerprint density at radius 1 is 0.941 bits per heavy atom. The highest BCUT2D eigenvalue weighted by Crippen LogP contribution is 2.68. The standard InChI is InChI=1S/C15H26O2/c1-13(2)8-12(17)15-7-5-11(16)14(3,9-15)6-4-10(13)15/h10-12,16-17H,4-9H2,1-3H3/t10-,11-,12-,14-,15-/m0/s1. The molecule has 17 heavy (non-hydrogen) atoms. The molecule has 3 aliphatic carbocycles. The predicted molar refractivity (Wildman–Crippen MR) is 67.5 cm³/mol. The zero-order valence-electron chi connectivity index (χ0n) is 11.4. The molecule has 0 amide bonds. The van der Waals surface area contributed by atoms with Crippen LogP contribution >= 0.6 is 0 Å². The van der Waals surface area contributed by atoms with Crippen molar-refractivity contribution in [2.75, 3.05) is 0 Å². The molecule has 2 bridgehead atoms. The number of hydrogen-bond acceptors (Lipinski definition) is 2. The van der Waals surface area contributed by atoms with Crippen molar-refractivity contribution in [1.29, 1.82) is 0 Å². The molecule has 2 heteroatoms. The van der Waals surface area contributed by atoms with Gasteiger partial charge in [0, 0.05) is 5.41 Å². The van der Waals surface area contributed by atoms with Crippen LogP contribution in [0.1, 0.15) is 59.3 Å². The Morgan fingerprint density at radius 2 is 1.65 bits per heavy atom. The van der Waals surface area contributed by atoms with E-state index in [1.807, 2.05) is 0 Å². The number of rotatable bonds is 0. The van der Waals surface area contributed by atoms with Gasteiger partial charge in [-0.1, -0.05) is 20.8 Å². The van der Waals surface area contributed by atoms with Crippen LogP contribution in [0.25, 0.3) is 0 Å². The molecule has 3 fully saturated rings. The van der Waals surface area contributed by atoms with Gasteiger partial charge in [0.15, 0.2) is 0 Å². The van der Waals surface area contributed by atoms with Crippen LogP contribution in [0.3, 0.4) is 0 Å². The van der Waals surface area contributed by atoms with E-state index >= 15 is 0 Å². The highest BCUT2D eigenvalue weighted by atomic mass is 16.3. The van der Waals surface area contributed by atoms with Crippen LogP contribution in [-0.2, 0) is 0 Å². The summed E-state index contributed by atoms with van der Waals surface area (Å²) in [4.78, 5) is 0. The van der Waals surface area contributed by atoms with Crippen molar-refractivity contribution < 1.29 is 10.2 Å². The molecule has 0 aromatic carbocycles. The molecule has 0 aromatic heterocycles. The molecule has 0 aromatic rings. The molecule has 98 valence electrons. The van der Waals surface area contributed by atoms with Crippen molar-refractivity contribution in [1.82, 2.24) is 0 Å². The minimum Gasteiger partial charge on any atom is -0.393 e. The second-order valence-electron chi connectivity index (χ2n) is 7.92. The van der Waals surface area contributed by atoms with Gasteiger partial charge < -0.3 is 10.2 Å². The molecule has 0 aliphatic heterocycles. The van der Waals surface area contributed by atoms with Gasteiger partial charge in [-0.05, 0) is 55.3 Å². The van der Waals surface area contributed by atoms with Crippen molar-refractivity contribution >= 4 is 0 Å². The van der Waals surface area contributed by atoms with Gasteiger partial charge in [0.05, 0.1) is 12.2 Å². The fourth-order valence-corrected chi connectivity index (χ4v) is 5.56. The summed E-state index contributed by atoms with van der Waals surface area (Å²) >= 11 is 0. The van der Waals surface area contributed by atoms with Gasteiger partial charge in [0.2, 0.25) is 0 Å². The summed E-state index contributed by atoms with van der Waals surface area (Å²) in [6, 6.07) is 0. The topological polar surface area (TPSA) is 40.5 Å². The van der Waals surface area contributed by atoms with E-state index in [1.165, 1.54) is 6.42 Å². The minimum absolute atomic E-state index is 0.0656.